The molecule has 28 heavy (non-hydrogen) atoms. The molecular formula is C20H23N5O2S. The van der Waals surface area contributed by atoms with Crippen LogP contribution in [-0.2, 0) is 0 Å². The van der Waals surface area contributed by atoms with Crippen LogP contribution in [-0.4, -0.2) is 50.2 Å². The predicted molar refractivity (Wildman–Crippen MR) is 107 cm³/mol. The largest absolute Gasteiger partial charge is 0.488 e. The molecule has 1 aliphatic heterocycles. The Morgan fingerprint density at radius 1 is 1.11 bits per heavy atom. The fraction of sp³-hybridized carbons (Fsp3) is 0.450. The minimum Gasteiger partial charge on any atom is -0.488 e. The molecule has 1 saturated heterocycles. The molecule has 0 bridgehead atoms. The molecule has 146 valence electrons. The molecule has 3 aromatic rings. The molecule has 2 aromatic heterocycles. The molecular weight excluding hydrogens is 374 g/mol. The zero-order valence-corrected chi connectivity index (χ0v) is 16.5. The van der Waals surface area contributed by atoms with Crippen LogP contribution in [0.25, 0.3) is 5.69 Å². The van der Waals surface area contributed by atoms with Crippen LogP contribution in [0.1, 0.15) is 17.8 Å². The van der Waals surface area contributed by atoms with Crippen LogP contribution in [0.2, 0.25) is 0 Å². The van der Waals surface area contributed by atoms with Gasteiger partial charge in [-0.1, -0.05) is 11.3 Å². The molecule has 0 unspecified atom stereocenters. The molecule has 8 heteroatoms. The Labute approximate surface area is 167 Å². The first-order valence-corrected chi connectivity index (χ1v) is 10.5. The highest BCUT2D eigenvalue weighted by Gasteiger charge is 2.43. The molecule has 4 atom stereocenters. The molecule has 1 aromatic carbocycles. The van der Waals surface area contributed by atoms with E-state index in [1.807, 2.05) is 42.0 Å². The van der Waals surface area contributed by atoms with Crippen LogP contribution in [0.4, 0.5) is 5.13 Å². The highest BCUT2D eigenvalue weighted by molar-refractivity contribution is 7.15. The Hall–Kier alpha value is -2.45. The van der Waals surface area contributed by atoms with Crippen molar-refractivity contribution < 1.29 is 9.84 Å². The SMILES string of the molecule is Cc1nnc(N2C[C@H]3C[C@@H](Oc4ccc(-n5ccnc5)cc4)[C@H](O)C[C@H]3C2)s1. The average molecular weight is 398 g/mol. The fourth-order valence-corrected chi connectivity index (χ4v) is 5.08. The van der Waals surface area contributed by atoms with Crippen LogP contribution in [0.3, 0.4) is 0 Å². The summed E-state index contributed by atoms with van der Waals surface area (Å²) in [5.74, 6) is 1.80. The molecule has 5 rings (SSSR count). The Balaban J connectivity index is 1.24. The summed E-state index contributed by atoms with van der Waals surface area (Å²) in [5, 5.41) is 21.1. The van der Waals surface area contributed by atoms with Gasteiger partial charge in [0.1, 0.15) is 16.9 Å². The van der Waals surface area contributed by atoms with Gasteiger partial charge in [0, 0.05) is 31.2 Å². The molecule has 7 nitrogen and oxygen atoms in total. The quantitative estimate of drug-likeness (QED) is 0.729. The third-order valence-corrected chi connectivity index (χ3v) is 6.70. The lowest BCUT2D eigenvalue weighted by molar-refractivity contribution is -0.0231. The van der Waals surface area contributed by atoms with Gasteiger partial charge in [0.15, 0.2) is 0 Å². The smallest absolute Gasteiger partial charge is 0.208 e. The Morgan fingerprint density at radius 3 is 2.57 bits per heavy atom. The topological polar surface area (TPSA) is 76.3 Å². The van der Waals surface area contributed by atoms with E-state index in [-0.39, 0.29) is 6.10 Å². The van der Waals surface area contributed by atoms with Gasteiger partial charge >= 0.3 is 0 Å². The number of anilines is 1. The summed E-state index contributed by atoms with van der Waals surface area (Å²) in [4.78, 5) is 6.39. The number of aliphatic hydroxyl groups is 1. The summed E-state index contributed by atoms with van der Waals surface area (Å²) in [6.45, 7) is 3.89. The summed E-state index contributed by atoms with van der Waals surface area (Å²) in [7, 11) is 0. The van der Waals surface area contributed by atoms with Crippen LogP contribution in [0.15, 0.2) is 43.0 Å². The Bertz CT molecular complexity index is 926. The van der Waals surface area contributed by atoms with E-state index in [9.17, 15) is 5.11 Å². The van der Waals surface area contributed by atoms with Gasteiger partial charge in [-0.05, 0) is 55.9 Å². The standard InChI is InChI=1S/C20H23N5O2S/c1-13-22-23-20(28-13)25-10-14-8-18(26)19(9-15(14)11-25)27-17-4-2-16(3-5-17)24-7-6-21-12-24/h2-7,12,14-15,18-19,26H,8-11H2,1H3/t14-,15+,18+,19+/m0/s1. The van der Waals surface area contributed by atoms with Crippen molar-refractivity contribution in [2.75, 3.05) is 18.0 Å². The number of nitrogens with zero attached hydrogens (tertiary/aromatic N) is 5. The lowest BCUT2D eigenvalue weighted by atomic mass is 9.78. The number of rotatable bonds is 4. The van der Waals surface area contributed by atoms with Crippen molar-refractivity contribution in [3.05, 3.63) is 48.0 Å². The van der Waals surface area contributed by atoms with Gasteiger partial charge in [0.25, 0.3) is 0 Å². The van der Waals surface area contributed by atoms with Gasteiger partial charge in [0.2, 0.25) is 5.13 Å². The first kappa shape index (κ1) is 17.6. The van der Waals surface area contributed by atoms with Gasteiger partial charge in [-0.15, -0.1) is 10.2 Å². The minimum absolute atomic E-state index is 0.170. The number of hydrogen-bond donors (Lipinski definition) is 1. The number of hydrogen-bond acceptors (Lipinski definition) is 7. The number of benzene rings is 1. The number of fused-ring (bicyclic) bond motifs is 1. The Morgan fingerprint density at radius 2 is 1.89 bits per heavy atom. The van der Waals surface area contributed by atoms with E-state index in [1.54, 1.807) is 23.9 Å². The minimum atomic E-state index is -0.439. The van der Waals surface area contributed by atoms with Crippen molar-refractivity contribution >= 4 is 16.5 Å². The van der Waals surface area contributed by atoms with Gasteiger partial charge in [0.05, 0.1) is 12.4 Å². The van der Waals surface area contributed by atoms with E-state index < -0.39 is 6.10 Å². The highest BCUT2D eigenvalue weighted by Crippen LogP contribution is 2.40. The van der Waals surface area contributed by atoms with E-state index in [0.29, 0.717) is 11.8 Å². The van der Waals surface area contributed by atoms with Crippen molar-refractivity contribution in [2.24, 2.45) is 11.8 Å². The maximum absolute atomic E-state index is 10.7. The van der Waals surface area contributed by atoms with Gasteiger partial charge in [-0.3, -0.25) is 0 Å². The third kappa shape index (κ3) is 3.38. The predicted octanol–water partition coefficient (Wildman–Crippen LogP) is 2.69. The summed E-state index contributed by atoms with van der Waals surface area (Å²) in [6, 6.07) is 7.92. The molecule has 1 N–H and O–H groups in total. The van der Waals surface area contributed by atoms with Crippen LogP contribution in [0.5, 0.6) is 5.75 Å². The first-order valence-electron chi connectivity index (χ1n) is 9.64. The van der Waals surface area contributed by atoms with Crippen LogP contribution in [0, 0.1) is 18.8 Å². The van der Waals surface area contributed by atoms with E-state index in [1.165, 1.54) is 0 Å². The average Bonchev–Trinajstić information content (AvgIpc) is 3.43. The number of aryl methyl sites for hydroxylation is 1. The van der Waals surface area contributed by atoms with E-state index in [0.717, 1.165) is 47.5 Å². The van der Waals surface area contributed by atoms with E-state index in [2.05, 4.69) is 20.1 Å². The zero-order chi connectivity index (χ0) is 19.1. The fourth-order valence-electron chi connectivity index (χ4n) is 4.37. The second-order valence-electron chi connectivity index (χ2n) is 7.69. The van der Waals surface area contributed by atoms with Crippen LogP contribution < -0.4 is 9.64 Å². The molecule has 0 spiro atoms. The summed E-state index contributed by atoms with van der Waals surface area (Å²) in [6.07, 6.45) is 6.47. The van der Waals surface area contributed by atoms with E-state index in [4.69, 9.17) is 4.74 Å². The van der Waals surface area contributed by atoms with Crippen LogP contribution >= 0.6 is 11.3 Å². The van der Waals surface area contributed by atoms with Crippen molar-refractivity contribution in [1.29, 1.82) is 0 Å². The monoisotopic (exact) mass is 397 g/mol. The molecule has 0 amide bonds. The molecule has 1 aliphatic carbocycles. The molecule has 0 radical (unpaired) electrons. The van der Waals surface area contributed by atoms with Gasteiger partial charge < -0.3 is 19.3 Å². The molecule has 2 fully saturated rings. The van der Waals surface area contributed by atoms with Crippen molar-refractivity contribution in [2.45, 2.75) is 32.0 Å². The highest BCUT2D eigenvalue weighted by atomic mass is 32.1. The van der Waals surface area contributed by atoms with Crippen molar-refractivity contribution in [3.8, 4) is 11.4 Å². The molecule has 2 aliphatic rings. The maximum atomic E-state index is 10.7. The first-order chi connectivity index (χ1) is 13.7. The summed E-state index contributed by atoms with van der Waals surface area (Å²) < 4.78 is 8.12. The Kier molecular flexibility index (Phi) is 4.52. The second kappa shape index (κ2) is 7.18. The lowest BCUT2D eigenvalue weighted by Gasteiger charge is -2.35. The maximum Gasteiger partial charge on any atom is 0.208 e. The van der Waals surface area contributed by atoms with Crippen molar-refractivity contribution in [1.82, 2.24) is 19.7 Å². The third-order valence-electron chi connectivity index (χ3n) is 5.80. The number of aromatic nitrogens is 4. The normalized spacial score (nSPS) is 27.0. The van der Waals surface area contributed by atoms with Gasteiger partial charge in [-0.25, -0.2) is 4.98 Å². The summed E-state index contributed by atoms with van der Waals surface area (Å²) in [5.41, 5.74) is 1.04. The van der Waals surface area contributed by atoms with Crippen molar-refractivity contribution in [3.63, 3.8) is 0 Å². The number of imidazole rings is 1. The van der Waals surface area contributed by atoms with E-state index >= 15 is 0 Å². The molecule has 1 saturated carbocycles. The second-order valence-corrected chi connectivity index (χ2v) is 8.85. The molecule has 3 heterocycles. The van der Waals surface area contributed by atoms with Gasteiger partial charge in [-0.2, -0.15) is 0 Å². The number of ether oxygens (including phenoxy) is 1. The zero-order valence-electron chi connectivity index (χ0n) is 15.7. The lowest BCUT2D eigenvalue weighted by Crippen LogP contribution is -2.42. The number of aliphatic hydroxyl groups excluding tert-OH is 1. The summed E-state index contributed by atoms with van der Waals surface area (Å²) >= 11 is 1.64.